The van der Waals surface area contributed by atoms with Gasteiger partial charge in [-0.3, -0.25) is 0 Å². The van der Waals surface area contributed by atoms with E-state index in [9.17, 15) is 9.18 Å². The van der Waals surface area contributed by atoms with Gasteiger partial charge in [-0.2, -0.15) is 5.26 Å². The van der Waals surface area contributed by atoms with E-state index in [4.69, 9.17) is 26.7 Å². The molecule has 1 aromatic heterocycles. The predicted octanol–water partition coefficient (Wildman–Crippen LogP) is 3.24. The summed E-state index contributed by atoms with van der Waals surface area (Å²) < 4.78 is 18.6. The highest BCUT2D eigenvalue weighted by molar-refractivity contribution is 6.29. The Hall–Kier alpha value is -2.65. The van der Waals surface area contributed by atoms with Crippen molar-refractivity contribution >= 4 is 17.6 Å². The van der Waals surface area contributed by atoms with E-state index in [0.717, 1.165) is 6.07 Å². The maximum absolute atomic E-state index is 13.4. The molecule has 100 valence electrons. The Bertz CT molecular complexity index is 728. The summed E-state index contributed by atoms with van der Waals surface area (Å²) in [4.78, 5) is 14.7. The second-order valence-electron chi connectivity index (χ2n) is 3.65. The molecule has 0 aliphatic carbocycles. The third kappa shape index (κ3) is 2.84. The zero-order chi connectivity index (χ0) is 14.7. The van der Waals surface area contributed by atoms with Gasteiger partial charge < -0.3 is 9.84 Å². The molecule has 0 fully saturated rings. The number of aromatic nitrogens is 1. The Kier molecular flexibility index (Phi) is 3.82. The molecule has 20 heavy (non-hydrogen) atoms. The zero-order valence-electron chi connectivity index (χ0n) is 9.80. The summed E-state index contributed by atoms with van der Waals surface area (Å²) >= 11 is 5.67. The Morgan fingerprint density at radius 1 is 1.40 bits per heavy atom. The minimum Gasteiger partial charge on any atom is -0.477 e. The van der Waals surface area contributed by atoms with Crippen LogP contribution in [0.5, 0.6) is 11.6 Å². The number of carboxylic acid groups (broad SMARTS) is 1. The van der Waals surface area contributed by atoms with Crippen LogP contribution in [0.25, 0.3) is 0 Å². The number of rotatable bonds is 3. The lowest BCUT2D eigenvalue weighted by molar-refractivity contribution is 0.0693. The average molecular weight is 293 g/mol. The van der Waals surface area contributed by atoms with E-state index >= 15 is 0 Å². The second-order valence-corrected chi connectivity index (χ2v) is 4.03. The van der Waals surface area contributed by atoms with Gasteiger partial charge in [-0.1, -0.05) is 11.6 Å². The predicted molar refractivity (Wildman–Crippen MR) is 67.4 cm³/mol. The van der Waals surface area contributed by atoms with Gasteiger partial charge in [0.25, 0.3) is 0 Å². The maximum atomic E-state index is 13.4. The topological polar surface area (TPSA) is 83.2 Å². The molecule has 2 rings (SSSR count). The lowest BCUT2D eigenvalue weighted by Crippen LogP contribution is -2.02. The summed E-state index contributed by atoms with van der Waals surface area (Å²) in [7, 11) is 0. The molecule has 7 heteroatoms. The van der Waals surface area contributed by atoms with Gasteiger partial charge in [0, 0.05) is 6.07 Å². The van der Waals surface area contributed by atoms with Crippen LogP contribution in [0.4, 0.5) is 4.39 Å². The summed E-state index contributed by atoms with van der Waals surface area (Å²) in [6.45, 7) is 0. The Labute approximate surface area is 117 Å². The SMILES string of the molecule is N#Cc1ccc(Oc2nc(Cl)ccc2C(=O)O)cc1F. The van der Waals surface area contributed by atoms with Crippen LogP contribution in [-0.4, -0.2) is 16.1 Å². The lowest BCUT2D eigenvalue weighted by atomic mass is 10.2. The standard InChI is InChI=1S/C13H6ClFN2O3/c14-11-4-3-9(13(18)19)12(17-11)20-8-2-1-7(6-16)10(15)5-8/h1-5H,(H,18,19). The number of pyridine rings is 1. The smallest absolute Gasteiger partial charge is 0.341 e. The molecule has 0 aliphatic heterocycles. The average Bonchev–Trinajstić information content (AvgIpc) is 2.38. The van der Waals surface area contributed by atoms with Crippen molar-refractivity contribution in [1.82, 2.24) is 4.98 Å². The first-order chi connectivity index (χ1) is 9.51. The van der Waals surface area contributed by atoms with Crippen LogP contribution in [0.3, 0.4) is 0 Å². The number of benzene rings is 1. The van der Waals surface area contributed by atoms with E-state index in [0.29, 0.717) is 0 Å². The molecule has 1 N–H and O–H groups in total. The van der Waals surface area contributed by atoms with Gasteiger partial charge in [-0.05, 0) is 24.3 Å². The van der Waals surface area contributed by atoms with E-state index in [1.165, 1.54) is 24.3 Å². The van der Waals surface area contributed by atoms with Gasteiger partial charge in [0.05, 0.1) is 5.56 Å². The van der Waals surface area contributed by atoms with E-state index in [1.807, 2.05) is 0 Å². The molecule has 1 aromatic carbocycles. The van der Waals surface area contributed by atoms with Crippen LogP contribution in [0.1, 0.15) is 15.9 Å². The fraction of sp³-hybridized carbons (Fsp3) is 0. The zero-order valence-corrected chi connectivity index (χ0v) is 10.6. The van der Waals surface area contributed by atoms with Crippen molar-refractivity contribution in [2.75, 3.05) is 0 Å². The molecule has 0 bridgehead atoms. The van der Waals surface area contributed by atoms with Crippen molar-refractivity contribution in [1.29, 1.82) is 5.26 Å². The van der Waals surface area contributed by atoms with Crippen LogP contribution < -0.4 is 4.74 Å². The molecule has 0 amide bonds. The Morgan fingerprint density at radius 3 is 2.75 bits per heavy atom. The summed E-state index contributed by atoms with van der Waals surface area (Å²) in [6, 6.07) is 7.71. The second kappa shape index (κ2) is 5.55. The maximum Gasteiger partial charge on any atom is 0.341 e. The Balaban J connectivity index is 2.39. The van der Waals surface area contributed by atoms with Crippen molar-refractivity contribution in [3.8, 4) is 17.7 Å². The molecule has 1 heterocycles. The Morgan fingerprint density at radius 2 is 2.15 bits per heavy atom. The van der Waals surface area contributed by atoms with Gasteiger partial charge in [-0.15, -0.1) is 0 Å². The minimum absolute atomic E-state index is 0.0127. The van der Waals surface area contributed by atoms with E-state index in [-0.39, 0.29) is 27.9 Å². The highest BCUT2D eigenvalue weighted by atomic mass is 35.5. The van der Waals surface area contributed by atoms with Crippen molar-refractivity contribution in [3.05, 3.63) is 52.4 Å². The van der Waals surface area contributed by atoms with Crippen molar-refractivity contribution < 1.29 is 19.0 Å². The molecule has 2 aromatic rings. The number of carboxylic acids is 1. The molecule has 5 nitrogen and oxygen atoms in total. The number of halogens is 2. The molecule has 0 aliphatic rings. The number of aromatic carboxylic acids is 1. The van der Waals surface area contributed by atoms with Gasteiger partial charge in [0.1, 0.15) is 28.4 Å². The van der Waals surface area contributed by atoms with Gasteiger partial charge >= 0.3 is 5.97 Å². The molecular formula is C13H6ClFN2O3. The van der Waals surface area contributed by atoms with Crippen molar-refractivity contribution in [2.24, 2.45) is 0 Å². The highest BCUT2D eigenvalue weighted by Gasteiger charge is 2.15. The van der Waals surface area contributed by atoms with Crippen LogP contribution in [0, 0.1) is 17.1 Å². The molecule has 0 saturated carbocycles. The monoisotopic (exact) mass is 292 g/mol. The first-order valence-corrected chi connectivity index (χ1v) is 5.66. The quantitative estimate of drug-likeness (QED) is 0.878. The van der Waals surface area contributed by atoms with Gasteiger partial charge in [0.15, 0.2) is 0 Å². The number of hydrogen-bond acceptors (Lipinski definition) is 4. The normalized spacial score (nSPS) is 9.85. The third-order valence-electron chi connectivity index (χ3n) is 2.33. The fourth-order valence-electron chi connectivity index (χ4n) is 1.42. The van der Waals surface area contributed by atoms with Crippen molar-refractivity contribution in [2.45, 2.75) is 0 Å². The molecule has 0 unspecified atom stereocenters. The molecule has 0 radical (unpaired) electrons. The number of nitrogens with zero attached hydrogens (tertiary/aromatic N) is 2. The van der Waals surface area contributed by atoms with Gasteiger partial charge in [-0.25, -0.2) is 14.2 Å². The molecule has 0 spiro atoms. The largest absolute Gasteiger partial charge is 0.477 e. The number of hydrogen-bond donors (Lipinski definition) is 1. The summed E-state index contributed by atoms with van der Waals surface area (Å²) in [5, 5.41) is 17.6. The number of ether oxygens (including phenoxy) is 1. The summed E-state index contributed by atoms with van der Waals surface area (Å²) in [6.07, 6.45) is 0. The first-order valence-electron chi connectivity index (χ1n) is 5.28. The van der Waals surface area contributed by atoms with Crippen LogP contribution in [0.15, 0.2) is 30.3 Å². The van der Waals surface area contributed by atoms with E-state index in [1.54, 1.807) is 6.07 Å². The van der Waals surface area contributed by atoms with Gasteiger partial charge in [0.2, 0.25) is 5.88 Å². The number of nitriles is 1. The number of carbonyl (C=O) groups is 1. The van der Waals surface area contributed by atoms with Crippen molar-refractivity contribution in [3.63, 3.8) is 0 Å². The van der Waals surface area contributed by atoms with E-state index in [2.05, 4.69) is 4.98 Å². The molecular weight excluding hydrogens is 287 g/mol. The van der Waals surface area contributed by atoms with Crippen LogP contribution in [-0.2, 0) is 0 Å². The van der Waals surface area contributed by atoms with E-state index < -0.39 is 11.8 Å². The minimum atomic E-state index is -1.25. The fourth-order valence-corrected chi connectivity index (χ4v) is 1.56. The highest BCUT2D eigenvalue weighted by Crippen LogP contribution is 2.26. The third-order valence-corrected chi connectivity index (χ3v) is 2.54. The summed E-state index contributed by atoms with van der Waals surface area (Å²) in [5.74, 6) is -2.27. The van der Waals surface area contributed by atoms with Crippen LogP contribution >= 0.6 is 11.6 Å². The molecule has 0 atom stereocenters. The van der Waals surface area contributed by atoms with Crippen LogP contribution in [0.2, 0.25) is 5.15 Å². The first kappa shape index (κ1) is 13.8. The summed E-state index contributed by atoms with van der Waals surface area (Å²) in [5.41, 5.74) is -0.353. The molecule has 0 saturated heterocycles. The lowest BCUT2D eigenvalue weighted by Gasteiger charge is -2.08.